The van der Waals surface area contributed by atoms with Crippen LogP contribution >= 0.6 is 0 Å². The number of methoxy groups -OCH3 is 1. The Labute approximate surface area is 139 Å². The minimum Gasteiger partial charge on any atom is -0.493 e. The normalized spacial score (nSPS) is 15.1. The summed E-state index contributed by atoms with van der Waals surface area (Å²) in [6, 6.07) is 14.6. The van der Waals surface area contributed by atoms with Gasteiger partial charge in [-0.15, -0.1) is 0 Å². The summed E-state index contributed by atoms with van der Waals surface area (Å²) in [5.41, 5.74) is 1.96. The first-order valence-electron chi connectivity index (χ1n) is 7.34. The molecule has 2 aromatic carbocycles. The van der Waals surface area contributed by atoms with Gasteiger partial charge in [0.15, 0.2) is 11.5 Å². The summed E-state index contributed by atoms with van der Waals surface area (Å²) >= 11 is 0. The Morgan fingerprint density at radius 1 is 1.00 bits per heavy atom. The molecule has 3 amide bonds. The van der Waals surface area contributed by atoms with E-state index in [1.54, 1.807) is 31.4 Å². The molecule has 6 heteroatoms. The maximum absolute atomic E-state index is 11.6. The summed E-state index contributed by atoms with van der Waals surface area (Å²) in [6.45, 7) is 0.427. The van der Waals surface area contributed by atoms with Gasteiger partial charge in [-0.1, -0.05) is 36.4 Å². The first-order chi connectivity index (χ1) is 11.7. The number of ether oxygens (including phenoxy) is 2. The minimum absolute atomic E-state index is 0.194. The Kier molecular flexibility index (Phi) is 4.47. The Morgan fingerprint density at radius 2 is 1.79 bits per heavy atom. The smallest absolute Gasteiger partial charge is 0.326 e. The van der Waals surface area contributed by atoms with Gasteiger partial charge < -0.3 is 14.8 Å². The van der Waals surface area contributed by atoms with Crippen LogP contribution in [0.5, 0.6) is 11.5 Å². The topological polar surface area (TPSA) is 76.7 Å². The molecule has 2 N–H and O–H groups in total. The molecule has 0 aromatic heterocycles. The van der Waals surface area contributed by atoms with Gasteiger partial charge in [-0.25, -0.2) is 4.79 Å². The molecule has 6 nitrogen and oxygen atoms in total. The number of benzene rings is 2. The quantitative estimate of drug-likeness (QED) is 0.654. The summed E-state index contributed by atoms with van der Waals surface area (Å²) in [5, 5.41) is 4.59. The average molecular weight is 324 g/mol. The number of amides is 3. The summed E-state index contributed by atoms with van der Waals surface area (Å²) < 4.78 is 11.1. The van der Waals surface area contributed by atoms with Crippen LogP contribution in [-0.2, 0) is 11.4 Å². The highest BCUT2D eigenvalue weighted by atomic mass is 16.5. The first-order valence-corrected chi connectivity index (χ1v) is 7.34. The van der Waals surface area contributed by atoms with E-state index in [2.05, 4.69) is 10.6 Å². The number of imide groups is 1. The highest BCUT2D eigenvalue weighted by Crippen LogP contribution is 2.29. The Hall–Kier alpha value is -3.28. The number of carbonyl (C=O) groups excluding carboxylic acids is 2. The monoisotopic (exact) mass is 324 g/mol. The molecule has 3 rings (SSSR count). The fraction of sp³-hybridized carbons (Fsp3) is 0.111. The molecule has 0 saturated carbocycles. The largest absolute Gasteiger partial charge is 0.493 e. The standard InChI is InChI=1S/C18H16N2O4/c1-23-16-10-13(9-14-17(21)20-18(22)19-14)7-8-15(16)24-11-12-5-3-2-4-6-12/h2-10H,11H2,1H3,(H2,19,20,21,22)/b14-9+. The van der Waals surface area contributed by atoms with E-state index in [1.807, 2.05) is 30.3 Å². The van der Waals surface area contributed by atoms with Gasteiger partial charge in [0.05, 0.1) is 7.11 Å². The number of nitrogens with one attached hydrogen (secondary N) is 2. The van der Waals surface area contributed by atoms with Gasteiger partial charge in [0.1, 0.15) is 12.3 Å². The third-order valence-electron chi connectivity index (χ3n) is 3.46. The van der Waals surface area contributed by atoms with Crippen LogP contribution in [0.4, 0.5) is 4.79 Å². The number of urea groups is 1. The van der Waals surface area contributed by atoms with Gasteiger partial charge in [0.25, 0.3) is 5.91 Å². The zero-order valence-electron chi connectivity index (χ0n) is 13.0. The van der Waals surface area contributed by atoms with Crippen molar-refractivity contribution in [2.24, 2.45) is 0 Å². The van der Waals surface area contributed by atoms with E-state index < -0.39 is 11.9 Å². The number of carbonyl (C=O) groups is 2. The van der Waals surface area contributed by atoms with Crippen LogP contribution in [0.25, 0.3) is 6.08 Å². The summed E-state index contributed by atoms with van der Waals surface area (Å²) in [5.74, 6) is 0.691. The molecule has 0 spiro atoms. The molecule has 0 bridgehead atoms. The van der Waals surface area contributed by atoms with Crippen molar-refractivity contribution in [3.05, 3.63) is 65.4 Å². The molecule has 122 valence electrons. The molecule has 1 heterocycles. The van der Waals surface area contributed by atoms with Crippen LogP contribution in [0.2, 0.25) is 0 Å². The fourth-order valence-corrected chi connectivity index (χ4v) is 2.28. The van der Waals surface area contributed by atoms with Crippen LogP contribution < -0.4 is 20.1 Å². The summed E-state index contributed by atoms with van der Waals surface area (Å²) in [7, 11) is 1.55. The lowest BCUT2D eigenvalue weighted by atomic mass is 10.1. The van der Waals surface area contributed by atoms with E-state index in [-0.39, 0.29) is 5.70 Å². The lowest BCUT2D eigenvalue weighted by molar-refractivity contribution is -0.115. The van der Waals surface area contributed by atoms with E-state index in [9.17, 15) is 9.59 Å². The molecule has 2 aromatic rings. The van der Waals surface area contributed by atoms with E-state index in [1.165, 1.54) is 0 Å². The molecule has 0 unspecified atom stereocenters. The van der Waals surface area contributed by atoms with Crippen LogP contribution in [0.1, 0.15) is 11.1 Å². The van der Waals surface area contributed by atoms with Gasteiger partial charge in [-0.3, -0.25) is 10.1 Å². The molecule has 0 radical (unpaired) electrons. The molecule has 0 atom stereocenters. The van der Waals surface area contributed by atoms with Crippen molar-refractivity contribution in [3.8, 4) is 11.5 Å². The highest BCUT2D eigenvalue weighted by Gasteiger charge is 2.22. The molecule has 1 aliphatic heterocycles. The molecule has 24 heavy (non-hydrogen) atoms. The lowest BCUT2D eigenvalue weighted by Gasteiger charge is -2.11. The zero-order chi connectivity index (χ0) is 16.9. The highest BCUT2D eigenvalue weighted by molar-refractivity contribution is 6.14. The molecular weight excluding hydrogens is 308 g/mol. The van der Waals surface area contributed by atoms with Gasteiger partial charge >= 0.3 is 6.03 Å². The maximum Gasteiger partial charge on any atom is 0.326 e. The number of rotatable bonds is 5. The van der Waals surface area contributed by atoms with Gasteiger partial charge in [0.2, 0.25) is 0 Å². The Balaban J connectivity index is 1.77. The fourth-order valence-electron chi connectivity index (χ4n) is 2.28. The predicted octanol–water partition coefficient (Wildman–Crippen LogP) is 2.45. The van der Waals surface area contributed by atoms with Crippen molar-refractivity contribution in [3.63, 3.8) is 0 Å². The molecule has 1 saturated heterocycles. The van der Waals surface area contributed by atoms with Crippen LogP contribution in [-0.4, -0.2) is 19.0 Å². The van der Waals surface area contributed by atoms with E-state index >= 15 is 0 Å². The van der Waals surface area contributed by atoms with Gasteiger partial charge in [-0.05, 0) is 29.3 Å². The molecule has 1 aliphatic rings. The van der Waals surface area contributed by atoms with E-state index in [4.69, 9.17) is 9.47 Å². The Bertz CT molecular complexity index is 800. The molecular formula is C18H16N2O4. The second-order valence-corrected chi connectivity index (χ2v) is 5.15. The molecule has 0 aliphatic carbocycles. The van der Waals surface area contributed by atoms with Crippen LogP contribution in [0, 0.1) is 0 Å². The summed E-state index contributed by atoms with van der Waals surface area (Å²) in [4.78, 5) is 22.7. The third-order valence-corrected chi connectivity index (χ3v) is 3.46. The predicted molar refractivity (Wildman–Crippen MR) is 88.4 cm³/mol. The van der Waals surface area contributed by atoms with Crippen molar-refractivity contribution < 1.29 is 19.1 Å². The number of hydrogen-bond acceptors (Lipinski definition) is 4. The van der Waals surface area contributed by atoms with Crippen molar-refractivity contribution in [1.29, 1.82) is 0 Å². The maximum atomic E-state index is 11.6. The van der Waals surface area contributed by atoms with Crippen LogP contribution in [0.15, 0.2) is 54.2 Å². The van der Waals surface area contributed by atoms with Crippen molar-refractivity contribution in [2.45, 2.75) is 6.61 Å². The molecule has 1 fully saturated rings. The zero-order valence-corrected chi connectivity index (χ0v) is 13.0. The first kappa shape index (κ1) is 15.6. The van der Waals surface area contributed by atoms with Crippen molar-refractivity contribution in [1.82, 2.24) is 10.6 Å². The van der Waals surface area contributed by atoms with Crippen molar-refractivity contribution >= 4 is 18.0 Å². The van der Waals surface area contributed by atoms with Gasteiger partial charge in [-0.2, -0.15) is 0 Å². The van der Waals surface area contributed by atoms with Crippen LogP contribution in [0.3, 0.4) is 0 Å². The Morgan fingerprint density at radius 3 is 2.46 bits per heavy atom. The van der Waals surface area contributed by atoms with E-state index in [0.717, 1.165) is 5.56 Å². The van der Waals surface area contributed by atoms with Gasteiger partial charge in [0, 0.05) is 0 Å². The van der Waals surface area contributed by atoms with Crippen molar-refractivity contribution in [2.75, 3.05) is 7.11 Å². The second kappa shape index (κ2) is 6.87. The SMILES string of the molecule is COc1cc(/C=C2/NC(=O)NC2=O)ccc1OCc1ccccc1. The second-order valence-electron chi connectivity index (χ2n) is 5.15. The summed E-state index contributed by atoms with van der Waals surface area (Å²) in [6.07, 6.45) is 1.57. The lowest BCUT2D eigenvalue weighted by Crippen LogP contribution is -2.22. The average Bonchev–Trinajstić information content (AvgIpc) is 2.91. The minimum atomic E-state index is -0.527. The third kappa shape index (κ3) is 3.55. The number of hydrogen-bond donors (Lipinski definition) is 2. The van der Waals surface area contributed by atoms with E-state index in [0.29, 0.717) is 23.7 Å².